The van der Waals surface area contributed by atoms with E-state index in [1.165, 1.54) is 0 Å². The monoisotopic (exact) mass is 620 g/mol. The Morgan fingerprint density at radius 2 is 0.851 bits per heavy atom. The number of benzene rings is 6. The van der Waals surface area contributed by atoms with Gasteiger partial charge in [0.15, 0.2) is 0 Å². The highest BCUT2D eigenvalue weighted by Crippen LogP contribution is 2.44. The summed E-state index contributed by atoms with van der Waals surface area (Å²) in [6.07, 6.45) is 1.25. The molecule has 0 atom stereocenters. The molecule has 0 aliphatic rings. The fourth-order valence-electron chi connectivity index (χ4n) is 6.56. The van der Waals surface area contributed by atoms with Crippen LogP contribution in [0.15, 0.2) is 115 Å². The van der Waals surface area contributed by atoms with E-state index < -0.39 is 5.92 Å². The third-order valence-electron chi connectivity index (χ3n) is 9.09. The first-order valence-corrected chi connectivity index (χ1v) is 15.9. The van der Waals surface area contributed by atoms with E-state index in [0.29, 0.717) is 12.8 Å². The van der Waals surface area contributed by atoms with Gasteiger partial charge in [-0.1, -0.05) is 103 Å². The molecular formula is C43H40O4. The first-order chi connectivity index (χ1) is 22.6. The fourth-order valence-corrected chi connectivity index (χ4v) is 6.56. The van der Waals surface area contributed by atoms with Gasteiger partial charge in [0.05, 0.1) is 0 Å². The molecule has 6 aromatic rings. The normalized spacial score (nSPS) is 11.3. The average molecular weight is 621 g/mol. The second-order valence-corrected chi connectivity index (χ2v) is 12.7. The molecule has 4 nitrogen and oxygen atoms in total. The van der Waals surface area contributed by atoms with Gasteiger partial charge in [0.25, 0.3) is 0 Å². The van der Waals surface area contributed by atoms with Gasteiger partial charge in [0, 0.05) is 17.0 Å². The van der Waals surface area contributed by atoms with E-state index in [1.54, 1.807) is 12.1 Å². The molecule has 47 heavy (non-hydrogen) atoms. The second-order valence-electron chi connectivity index (χ2n) is 12.7. The Hall–Kier alpha value is -5.48. The summed E-state index contributed by atoms with van der Waals surface area (Å²) < 4.78 is 0. The summed E-state index contributed by atoms with van der Waals surface area (Å²) in [4.78, 5) is 0. The standard InChI is InChI=1S/C43H40O4/c1-26-18-30(10-16-39(26)44)22-32-20-28(3)42(46)37(24-32)41(36-14-12-35(13-15-36)34-8-6-5-7-9-34)38-25-33(21-29(4)43(38)47)23-31-11-17-40(45)27(2)19-31/h5-21,24-25,41,44-47H,22-23H2,1-4H3. The molecule has 0 bridgehead atoms. The van der Waals surface area contributed by atoms with Gasteiger partial charge in [-0.2, -0.15) is 0 Å². The summed E-state index contributed by atoms with van der Waals surface area (Å²) in [6.45, 7) is 7.60. The van der Waals surface area contributed by atoms with Crippen LogP contribution in [0.4, 0.5) is 0 Å². The van der Waals surface area contributed by atoms with Crippen molar-refractivity contribution in [2.24, 2.45) is 0 Å². The van der Waals surface area contributed by atoms with Crippen LogP contribution in [0.1, 0.15) is 67.1 Å². The third-order valence-corrected chi connectivity index (χ3v) is 9.09. The molecule has 4 N–H and O–H groups in total. The lowest BCUT2D eigenvalue weighted by molar-refractivity contribution is 0.454. The highest BCUT2D eigenvalue weighted by molar-refractivity contribution is 5.65. The number of phenolic OH excluding ortho intramolecular Hbond substituents is 4. The topological polar surface area (TPSA) is 80.9 Å². The van der Waals surface area contributed by atoms with E-state index in [4.69, 9.17) is 0 Å². The summed E-state index contributed by atoms with van der Waals surface area (Å²) >= 11 is 0. The number of rotatable bonds is 8. The molecule has 0 saturated carbocycles. The molecule has 0 aliphatic carbocycles. The van der Waals surface area contributed by atoms with Crippen LogP contribution in [0, 0.1) is 27.7 Å². The summed E-state index contributed by atoms with van der Waals surface area (Å²) in [7, 11) is 0. The Morgan fingerprint density at radius 3 is 1.30 bits per heavy atom. The highest BCUT2D eigenvalue weighted by Gasteiger charge is 2.26. The van der Waals surface area contributed by atoms with Crippen LogP contribution in [-0.4, -0.2) is 20.4 Å². The zero-order valence-corrected chi connectivity index (χ0v) is 27.3. The molecule has 236 valence electrons. The van der Waals surface area contributed by atoms with Crippen LogP contribution >= 0.6 is 0 Å². The average Bonchev–Trinajstić information content (AvgIpc) is 3.06. The van der Waals surface area contributed by atoms with Crippen LogP contribution in [-0.2, 0) is 12.8 Å². The molecule has 0 saturated heterocycles. The molecule has 4 heteroatoms. The van der Waals surface area contributed by atoms with E-state index in [0.717, 1.165) is 72.3 Å². The van der Waals surface area contributed by atoms with Crippen molar-refractivity contribution in [1.29, 1.82) is 0 Å². The first-order valence-electron chi connectivity index (χ1n) is 15.9. The summed E-state index contributed by atoms with van der Waals surface area (Å²) in [5.41, 5.74) is 11.9. The van der Waals surface area contributed by atoms with Crippen LogP contribution < -0.4 is 0 Å². The minimum atomic E-state index is -0.458. The molecule has 6 aromatic carbocycles. The van der Waals surface area contributed by atoms with E-state index in [9.17, 15) is 20.4 Å². The molecule has 0 heterocycles. The minimum absolute atomic E-state index is 0.199. The van der Waals surface area contributed by atoms with Crippen molar-refractivity contribution in [3.8, 4) is 34.1 Å². The maximum Gasteiger partial charge on any atom is 0.122 e. The fraction of sp³-hybridized carbons (Fsp3) is 0.163. The zero-order chi connectivity index (χ0) is 33.2. The number of phenols is 4. The Morgan fingerprint density at radius 1 is 0.426 bits per heavy atom. The molecule has 0 radical (unpaired) electrons. The molecule has 6 rings (SSSR count). The molecular weight excluding hydrogens is 580 g/mol. The highest BCUT2D eigenvalue weighted by atomic mass is 16.3. The van der Waals surface area contributed by atoms with Crippen LogP contribution in [0.2, 0.25) is 0 Å². The zero-order valence-electron chi connectivity index (χ0n) is 27.3. The van der Waals surface area contributed by atoms with Crippen molar-refractivity contribution in [3.05, 3.63) is 176 Å². The molecule has 0 amide bonds. The van der Waals surface area contributed by atoms with Crippen molar-refractivity contribution in [2.45, 2.75) is 46.5 Å². The number of hydrogen-bond acceptors (Lipinski definition) is 4. The lowest BCUT2D eigenvalue weighted by Crippen LogP contribution is -2.08. The van der Waals surface area contributed by atoms with E-state index in [-0.39, 0.29) is 23.0 Å². The number of aromatic hydroxyl groups is 4. The quantitative estimate of drug-likeness (QED) is 0.128. The van der Waals surface area contributed by atoms with Crippen molar-refractivity contribution < 1.29 is 20.4 Å². The predicted molar refractivity (Wildman–Crippen MR) is 190 cm³/mol. The smallest absolute Gasteiger partial charge is 0.122 e. The van der Waals surface area contributed by atoms with Gasteiger partial charge in [-0.15, -0.1) is 0 Å². The first kappa shape index (κ1) is 31.5. The molecule has 0 spiro atoms. The van der Waals surface area contributed by atoms with Crippen molar-refractivity contribution in [2.75, 3.05) is 0 Å². The maximum atomic E-state index is 11.7. The number of aryl methyl sites for hydroxylation is 4. The lowest BCUT2D eigenvalue weighted by Gasteiger charge is -2.25. The van der Waals surface area contributed by atoms with Crippen LogP contribution in [0.3, 0.4) is 0 Å². The molecule has 0 aromatic heterocycles. The van der Waals surface area contributed by atoms with Gasteiger partial charge in [-0.05, 0) is 114 Å². The Bertz CT molecular complexity index is 1950. The lowest BCUT2D eigenvalue weighted by atomic mass is 9.80. The van der Waals surface area contributed by atoms with E-state index in [1.807, 2.05) is 94.4 Å². The van der Waals surface area contributed by atoms with Gasteiger partial charge < -0.3 is 20.4 Å². The van der Waals surface area contributed by atoms with E-state index in [2.05, 4.69) is 36.4 Å². The largest absolute Gasteiger partial charge is 0.508 e. The maximum absolute atomic E-state index is 11.7. The van der Waals surface area contributed by atoms with E-state index >= 15 is 0 Å². The summed E-state index contributed by atoms with van der Waals surface area (Å²) in [5.74, 6) is 0.473. The Kier molecular flexibility index (Phi) is 8.78. The van der Waals surface area contributed by atoms with Crippen LogP contribution in [0.5, 0.6) is 23.0 Å². The summed E-state index contributed by atoms with van der Waals surface area (Å²) in [6, 6.07) is 37.9. The van der Waals surface area contributed by atoms with Gasteiger partial charge in [-0.3, -0.25) is 0 Å². The van der Waals surface area contributed by atoms with Gasteiger partial charge in [0.2, 0.25) is 0 Å². The SMILES string of the molecule is Cc1cc(Cc2cc(C)c(O)c(C(c3ccc(-c4ccccc4)cc3)c3cc(Cc4ccc(O)c(C)c4)cc(C)c3O)c2)ccc1O. The summed E-state index contributed by atoms with van der Waals surface area (Å²) in [5, 5.41) is 43.5. The van der Waals surface area contributed by atoms with Gasteiger partial charge in [-0.25, -0.2) is 0 Å². The van der Waals surface area contributed by atoms with Crippen molar-refractivity contribution >= 4 is 0 Å². The predicted octanol–water partition coefficient (Wildman–Crippen LogP) is 9.77. The third kappa shape index (κ3) is 6.73. The second kappa shape index (κ2) is 13.1. The molecule has 0 aliphatic heterocycles. The van der Waals surface area contributed by atoms with Gasteiger partial charge in [0.1, 0.15) is 23.0 Å². The molecule has 0 fully saturated rings. The van der Waals surface area contributed by atoms with Crippen molar-refractivity contribution in [3.63, 3.8) is 0 Å². The Balaban J connectivity index is 1.50. The van der Waals surface area contributed by atoms with Crippen LogP contribution in [0.25, 0.3) is 11.1 Å². The Labute approximate surface area is 276 Å². The number of hydrogen-bond donors (Lipinski definition) is 4. The molecule has 0 unspecified atom stereocenters. The van der Waals surface area contributed by atoms with Crippen molar-refractivity contribution in [1.82, 2.24) is 0 Å². The van der Waals surface area contributed by atoms with Gasteiger partial charge >= 0.3 is 0 Å². The minimum Gasteiger partial charge on any atom is -0.508 e.